The Labute approximate surface area is 112 Å². The highest BCUT2D eigenvalue weighted by molar-refractivity contribution is 5.99. The third-order valence-corrected chi connectivity index (χ3v) is 2.94. The van der Waals surface area contributed by atoms with Gasteiger partial charge in [0.2, 0.25) is 0 Å². The van der Waals surface area contributed by atoms with E-state index >= 15 is 0 Å². The summed E-state index contributed by atoms with van der Waals surface area (Å²) in [5, 5.41) is 9.38. The van der Waals surface area contributed by atoms with E-state index in [0.717, 1.165) is 11.1 Å². The van der Waals surface area contributed by atoms with Crippen molar-refractivity contribution in [1.29, 1.82) is 0 Å². The normalized spacial score (nSPS) is 18.8. The first-order chi connectivity index (χ1) is 8.79. The number of carbonyl (C=O) groups excluding carboxylic acids is 1. The summed E-state index contributed by atoms with van der Waals surface area (Å²) in [6.07, 6.45) is 3.48. The average Bonchev–Trinajstić information content (AvgIpc) is 2.30. The second kappa shape index (κ2) is 5.69. The van der Waals surface area contributed by atoms with Crippen LogP contribution >= 0.6 is 0 Å². The predicted molar refractivity (Wildman–Crippen MR) is 72.5 cm³/mol. The first-order valence-corrected chi connectivity index (χ1v) is 5.87. The summed E-state index contributed by atoms with van der Waals surface area (Å²) in [6, 6.07) is 0. The monoisotopic (exact) mass is 262 g/mol. The maximum absolute atomic E-state index is 11.8. The molecule has 1 N–H and O–H groups in total. The Morgan fingerprint density at radius 3 is 2.42 bits per heavy atom. The molecule has 1 atom stereocenters. The van der Waals surface area contributed by atoms with Crippen LogP contribution in [0.3, 0.4) is 0 Å². The summed E-state index contributed by atoms with van der Waals surface area (Å²) in [5.41, 5.74) is 2.74. The fraction of sp³-hybridized carbons (Fsp3) is 0.333. The molecule has 1 aliphatic rings. The first-order valence-electron chi connectivity index (χ1n) is 5.87. The molecule has 4 heteroatoms. The molecule has 0 radical (unpaired) electrons. The number of hydrogen-bond acceptors (Lipinski definition) is 3. The van der Waals surface area contributed by atoms with Crippen molar-refractivity contribution < 1.29 is 19.4 Å². The average molecular weight is 262 g/mol. The number of aliphatic carboxylic acids is 1. The fourth-order valence-electron chi connectivity index (χ4n) is 2.03. The first kappa shape index (κ1) is 15.0. The molecule has 0 saturated heterocycles. The van der Waals surface area contributed by atoms with Gasteiger partial charge in [0, 0.05) is 0 Å². The van der Waals surface area contributed by atoms with Gasteiger partial charge in [-0.3, -0.25) is 4.79 Å². The number of ether oxygens (including phenoxy) is 1. The Bertz CT molecular complexity index is 528. The van der Waals surface area contributed by atoms with Crippen molar-refractivity contribution in [3.63, 3.8) is 0 Å². The van der Waals surface area contributed by atoms with E-state index in [1.807, 2.05) is 13.8 Å². The van der Waals surface area contributed by atoms with Crippen LogP contribution in [0.2, 0.25) is 0 Å². The van der Waals surface area contributed by atoms with Gasteiger partial charge in [0.15, 0.2) is 0 Å². The van der Waals surface area contributed by atoms with E-state index in [4.69, 9.17) is 4.74 Å². The fourth-order valence-corrected chi connectivity index (χ4v) is 2.03. The van der Waals surface area contributed by atoms with Crippen molar-refractivity contribution in [2.45, 2.75) is 20.8 Å². The van der Waals surface area contributed by atoms with Gasteiger partial charge in [-0.05, 0) is 37.5 Å². The van der Waals surface area contributed by atoms with E-state index in [9.17, 15) is 14.7 Å². The Kier molecular flexibility index (Phi) is 4.48. The van der Waals surface area contributed by atoms with Crippen molar-refractivity contribution in [3.8, 4) is 0 Å². The molecule has 1 rings (SSSR count). The minimum atomic E-state index is -1.13. The summed E-state index contributed by atoms with van der Waals surface area (Å²) >= 11 is 0. The third-order valence-electron chi connectivity index (χ3n) is 2.94. The van der Waals surface area contributed by atoms with Gasteiger partial charge in [-0.1, -0.05) is 24.3 Å². The second-order valence-corrected chi connectivity index (χ2v) is 4.70. The highest BCUT2D eigenvalue weighted by Crippen LogP contribution is 2.35. The van der Waals surface area contributed by atoms with Gasteiger partial charge < -0.3 is 9.84 Å². The Hall–Kier alpha value is -2.10. The lowest BCUT2D eigenvalue weighted by atomic mass is 9.79. The summed E-state index contributed by atoms with van der Waals surface area (Å²) < 4.78 is 4.70. The molecule has 1 unspecified atom stereocenters. The predicted octanol–water partition coefficient (Wildman–Crippen LogP) is 2.64. The molecule has 0 aromatic carbocycles. The van der Waals surface area contributed by atoms with E-state index in [2.05, 4.69) is 6.58 Å². The summed E-state index contributed by atoms with van der Waals surface area (Å²) in [5.74, 6) is -2.68. The maximum atomic E-state index is 11.8. The van der Waals surface area contributed by atoms with Gasteiger partial charge in [-0.2, -0.15) is 0 Å². The molecule has 0 aromatic rings. The lowest BCUT2D eigenvalue weighted by Crippen LogP contribution is -2.28. The van der Waals surface area contributed by atoms with E-state index in [1.54, 1.807) is 19.1 Å². The summed E-state index contributed by atoms with van der Waals surface area (Å²) in [6.45, 7) is 9.34. The molecule has 19 heavy (non-hydrogen) atoms. The van der Waals surface area contributed by atoms with Crippen LogP contribution in [0.25, 0.3) is 0 Å². The van der Waals surface area contributed by atoms with Gasteiger partial charge in [-0.25, -0.2) is 4.79 Å². The van der Waals surface area contributed by atoms with E-state index in [0.29, 0.717) is 11.1 Å². The minimum absolute atomic E-state index is 0.0173. The SMILES string of the molecule is C=C1C(C)=CC(C=C(C)C)=C(C(=O)O)C1C(=O)OC. The molecule has 0 heterocycles. The quantitative estimate of drug-likeness (QED) is 0.794. The van der Waals surface area contributed by atoms with E-state index < -0.39 is 17.9 Å². The number of rotatable bonds is 3. The molecule has 0 bridgehead atoms. The number of allylic oxidation sites excluding steroid dienone is 5. The molecular weight excluding hydrogens is 244 g/mol. The lowest BCUT2D eigenvalue weighted by Gasteiger charge is -2.24. The maximum Gasteiger partial charge on any atom is 0.333 e. The Morgan fingerprint density at radius 2 is 2.00 bits per heavy atom. The molecule has 102 valence electrons. The van der Waals surface area contributed by atoms with Crippen LogP contribution in [0.4, 0.5) is 0 Å². The molecular formula is C15H18O4. The van der Waals surface area contributed by atoms with Gasteiger partial charge in [0.25, 0.3) is 0 Å². The molecule has 1 aliphatic carbocycles. The summed E-state index contributed by atoms with van der Waals surface area (Å²) in [4.78, 5) is 23.3. The van der Waals surface area contributed by atoms with Crippen LogP contribution in [0, 0.1) is 5.92 Å². The van der Waals surface area contributed by atoms with E-state index in [1.165, 1.54) is 7.11 Å². The number of methoxy groups -OCH3 is 1. The molecule has 0 aliphatic heterocycles. The van der Waals surface area contributed by atoms with Crippen LogP contribution < -0.4 is 0 Å². The van der Waals surface area contributed by atoms with Gasteiger partial charge in [0.1, 0.15) is 5.92 Å². The zero-order chi connectivity index (χ0) is 14.7. The van der Waals surface area contributed by atoms with Crippen molar-refractivity contribution in [3.05, 3.63) is 46.6 Å². The summed E-state index contributed by atoms with van der Waals surface area (Å²) in [7, 11) is 1.24. The molecule has 0 aromatic heterocycles. The second-order valence-electron chi connectivity index (χ2n) is 4.70. The molecule has 0 amide bonds. The topological polar surface area (TPSA) is 63.6 Å². The number of carboxylic acid groups (broad SMARTS) is 1. The number of carboxylic acids is 1. The largest absolute Gasteiger partial charge is 0.478 e. The van der Waals surface area contributed by atoms with Crippen LogP contribution in [0.15, 0.2) is 46.6 Å². The number of carbonyl (C=O) groups is 2. The molecule has 4 nitrogen and oxygen atoms in total. The van der Waals surface area contributed by atoms with Crippen LogP contribution in [-0.2, 0) is 14.3 Å². The van der Waals surface area contributed by atoms with Crippen molar-refractivity contribution in [2.75, 3.05) is 7.11 Å². The molecule has 0 saturated carbocycles. The Balaban J connectivity index is 3.54. The van der Waals surface area contributed by atoms with Crippen molar-refractivity contribution in [2.24, 2.45) is 5.92 Å². The van der Waals surface area contributed by atoms with Crippen LogP contribution in [0.1, 0.15) is 20.8 Å². The van der Waals surface area contributed by atoms with Crippen molar-refractivity contribution >= 4 is 11.9 Å². The zero-order valence-electron chi connectivity index (χ0n) is 11.6. The molecule has 0 fully saturated rings. The van der Waals surface area contributed by atoms with Gasteiger partial charge in [0.05, 0.1) is 12.7 Å². The standard InChI is InChI=1S/C15H18O4/c1-8(2)6-11-7-9(3)10(4)12(15(18)19-5)13(11)14(16)17/h6-7,12H,4H2,1-3,5H3,(H,16,17). The van der Waals surface area contributed by atoms with E-state index in [-0.39, 0.29) is 5.57 Å². The van der Waals surface area contributed by atoms with Gasteiger partial charge in [-0.15, -0.1) is 0 Å². The lowest BCUT2D eigenvalue weighted by molar-refractivity contribution is -0.145. The molecule has 0 spiro atoms. The third kappa shape index (κ3) is 3.02. The highest BCUT2D eigenvalue weighted by Gasteiger charge is 2.35. The van der Waals surface area contributed by atoms with Crippen molar-refractivity contribution in [1.82, 2.24) is 0 Å². The van der Waals surface area contributed by atoms with Crippen LogP contribution in [-0.4, -0.2) is 24.2 Å². The zero-order valence-corrected chi connectivity index (χ0v) is 11.6. The minimum Gasteiger partial charge on any atom is -0.478 e. The van der Waals surface area contributed by atoms with Gasteiger partial charge >= 0.3 is 11.9 Å². The number of esters is 1. The smallest absolute Gasteiger partial charge is 0.333 e. The number of hydrogen-bond donors (Lipinski definition) is 1. The Morgan fingerprint density at radius 1 is 1.42 bits per heavy atom. The highest BCUT2D eigenvalue weighted by atomic mass is 16.5. The van der Waals surface area contributed by atoms with Crippen LogP contribution in [0.5, 0.6) is 0 Å².